The van der Waals surface area contributed by atoms with Gasteiger partial charge in [-0.1, -0.05) is 61.3 Å². The Hall–Kier alpha value is -0.390. The maximum atomic E-state index is 12.1. The summed E-state index contributed by atoms with van der Waals surface area (Å²) in [6, 6.07) is 0. The molecule has 0 saturated heterocycles. The molecule has 0 spiro atoms. The SMILES string of the molecule is CCC(C)(C)C(C)CC[C@@H](C)[C@H]1CC[C@H]2[C@@H]3C[C@H](OS(=O)(=O)O)C4C[C@H](OS(=O)(=O)O)[C@@H](OS(=O)(=O)O)C[C@]4(C)[C@H]3CC[C@]12C. The molecule has 0 aromatic carbocycles. The van der Waals surface area contributed by atoms with E-state index < -0.39 is 60.8 Å². The molecule has 0 radical (unpaired) electrons. The van der Waals surface area contributed by atoms with Crippen LogP contribution in [0.1, 0.15) is 113 Å². The van der Waals surface area contributed by atoms with Crippen molar-refractivity contribution < 1.29 is 51.5 Å². The van der Waals surface area contributed by atoms with Gasteiger partial charge in [-0.2, -0.15) is 25.3 Å². The van der Waals surface area contributed by atoms with Crippen molar-refractivity contribution in [1.29, 1.82) is 0 Å². The molecule has 4 aliphatic carbocycles. The van der Waals surface area contributed by atoms with E-state index in [0.29, 0.717) is 24.2 Å². The van der Waals surface area contributed by atoms with Gasteiger partial charge in [0.25, 0.3) is 0 Å². The van der Waals surface area contributed by atoms with Crippen molar-refractivity contribution in [3.05, 3.63) is 0 Å². The summed E-state index contributed by atoms with van der Waals surface area (Å²) in [6.45, 7) is 15.8. The third-order valence-corrected chi connectivity index (χ3v) is 14.9. The molecule has 0 aliphatic heterocycles. The Bertz CT molecular complexity index is 1400. The van der Waals surface area contributed by atoms with Crippen LogP contribution in [-0.2, 0) is 43.7 Å². The van der Waals surface area contributed by atoms with Crippen molar-refractivity contribution in [2.75, 3.05) is 0 Å². The molecule has 12 nitrogen and oxygen atoms in total. The largest absolute Gasteiger partial charge is 0.397 e. The zero-order valence-corrected chi connectivity index (χ0v) is 30.0. The summed E-state index contributed by atoms with van der Waals surface area (Å²) in [6.07, 6.45) is 3.06. The van der Waals surface area contributed by atoms with Gasteiger partial charge in [0, 0.05) is 0 Å². The van der Waals surface area contributed by atoms with Crippen LogP contribution in [0.3, 0.4) is 0 Å². The lowest BCUT2D eigenvalue weighted by molar-refractivity contribution is -0.184. The first kappa shape index (κ1) is 37.4. The van der Waals surface area contributed by atoms with Crippen molar-refractivity contribution in [2.24, 2.45) is 57.7 Å². The fourth-order valence-electron chi connectivity index (χ4n) is 10.5. The summed E-state index contributed by atoms with van der Waals surface area (Å²) in [4.78, 5) is 0. The molecule has 15 heteroatoms. The molecule has 4 rings (SSSR count). The maximum Gasteiger partial charge on any atom is 0.397 e. The summed E-state index contributed by atoms with van der Waals surface area (Å²) < 4.78 is 115. The van der Waals surface area contributed by atoms with E-state index in [1.165, 1.54) is 0 Å². The molecule has 4 aliphatic rings. The van der Waals surface area contributed by atoms with Crippen LogP contribution in [0, 0.1) is 57.7 Å². The first-order chi connectivity index (χ1) is 20.4. The molecule has 2 unspecified atom stereocenters. The van der Waals surface area contributed by atoms with E-state index in [-0.39, 0.29) is 41.4 Å². The molecule has 0 amide bonds. The summed E-state index contributed by atoms with van der Waals surface area (Å²) in [7, 11) is -15.0. The normalized spacial score (nSPS) is 40.7. The zero-order valence-electron chi connectivity index (χ0n) is 27.6. The first-order valence-corrected chi connectivity index (χ1v) is 20.5. The van der Waals surface area contributed by atoms with Gasteiger partial charge < -0.3 is 0 Å². The second kappa shape index (κ2) is 12.8. The third kappa shape index (κ3) is 8.09. The van der Waals surface area contributed by atoms with E-state index in [0.717, 1.165) is 44.9 Å². The van der Waals surface area contributed by atoms with Gasteiger partial charge in [-0.05, 0) is 109 Å². The lowest BCUT2D eigenvalue weighted by Crippen LogP contribution is -2.62. The molecular weight excluding hydrogens is 649 g/mol. The van der Waals surface area contributed by atoms with Crippen molar-refractivity contribution in [1.82, 2.24) is 0 Å². The molecule has 12 atom stereocenters. The van der Waals surface area contributed by atoms with Crippen LogP contribution in [0.25, 0.3) is 0 Å². The Morgan fingerprint density at radius 3 is 1.82 bits per heavy atom. The highest BCUT2D eigenvalue weighted by molar-refractivity contribution is 7.81. The van der Waals surface area contributed by atoms with E-state index in [9.17, 15) is 38.9 Å². The maximum absolute atomic E-state index is 12.1. The fraction of sp³-hybridized carbons (Fsp3) is 1.00. The lowest BCUT2D eigenvalue weighted by atomic mass is 9.43. The van der Waals surface area contributed by atoms with Gasteiger partial charge in [0.15, 0.2) is 0 Å². The Morgan fingerprint density at radius 2 is 1.27 bits per heavy atom. The van der Waals surface area contributed by atoms with Gasteiger partial charge >= 0.3 is 31.2 Å². The molecular formula is C30H54O12S3. The van der Waals surface area contributed by atoms with Crippen LogP contribution < -0.4 is 0 Å². The predicted molar refractivity (Wildman–Crippen MR) is 167 cm³/mol. The highest BCUT2D eigenvalue weighted by Crippen LogP contribution is 2.69. The van der Waals surface area contributed by atoms with E-state index in [1.54, 1.807) is 0 Å². The van der Waals surface area contributed by atoms with Crippen LogP contribution in [-0.4, -0.2) is 57.2 Å². The lowest BCUT2D eigenvalue weighted by Gasteiger charge is -2.63. The van der Waals surface area contributed by atoms with E-state index in [1.807, 2.05) is 6.92 Å². The highest BCUT2D eigenvalue weighted by Gasteiger charge is 2.65. The molecule has 264 valence electrons. The summed E-state index contributed by atoms with van der Waals surface area (Å²) in [5.74, 6) is 1.13. The van der Waals surface area contributed by atoms with Crippen LogP contribution in [0.4, 0.5) is 0 Å². The number of fused-ring (bicyclic) bond motifs is 5. The second-order valence-electron chi connectivity index (χ2n) is 15.9. The van der Waals surface area contributed by atoms with Crippen LogP contribution in [0.15, 0.2) is 0 Å². The molecule has 45 heavy (non-hydrogen) atoms. The fourth-order valence-corrected chi connectivity index (χ4v) is 12.0. The Balaban J connectivity index is 1.65. The monoisotopic (exact) mass is 702 g/mol. The average Bonchev–Trinajstić information content (AvgIpc) is 3.23. The summed E-state index contributed by atoms with van der Waals surface area (Å²) in [5, 5.41) is 0. The third-order valence-electron chi connectivity index (χ3n) is 13.4. The summed E-state index contributed by atoms with van der Waals surface area (Å²) in [5.41, 5.74) is -0.539. The molecule has 4 saturated carbocycles. The molecule has 0 aromatic heterocycles. The molecule has 3 N–H and O–H groups in total. The van der Waals surface area contributed by atoms with Crippen LogP contribution in [0.5, 0.6) is 0 Å². The minimum absolute atomic E-state index is 0.00248. The average molecular weight is 703 g/mol. The Kier molecular flexibility index (Phi) is 10.7. The Morgan fingerprint density at radius 1 is 0.733 bits per heavy atom. The smallest absolute Gasteiger partial charge is 0.264 e. The van der Waals surface area contributed by atoms with E-state index >= 15 is 0 Å². The standard InChI is InChI=1S/C30H54O12S3/c1-8-28(4,5)19(3)10-9-18(2)21-11-12-22-20-15-25(40-43(31,32)33)24-16-26(41-44(34,35)36)27(42-45(37,38)39)17-30(24,7)23(20)13-14-29(21,22)6/h18-27H,8-17H2,1-7H3,(H,31,32,33)(H,34,35,36)(H,37,38,39)/t18-,19?,20+,21-,22+,23+,24?,25+,26+,27+,29-,30-/m1/s1. The Labute approximate surface area is 270 Å². The van der Waals surface area contributed by atoms with Gasteiger partial charge in [-0.25, -0.2) is 12.5 Å². The van der Waals surface area contributed by atoms with Gasteiger partial charge in [0.1, 0.15) is 12.2 Å². The van der Waals surface area contributed by atoms with Crippen molar-refractivity contribution >= 4 is 31.2 Å². The number of hydrogen-bond donors (Lipinski definition) is 3. The molecule has 0 aromatic rings. The van der Waals surface area contributed by atoms with Gasteiger partial charge in [-0.15, -0.1) is 0 Å². The summed E-state index contributed by atoms with van der Waals surface area (Å²) >= 11 is 0. The molecule has 0 heterocycles. The van der Waals surface area contributed by atoms with E-state index in [4.69, 9.17) is 12.5 Å². The highest BCUT2D eigenvalue weighted by atomic mass is 32.3. The minimum atomic E-state index is -5.07. The van der Waals surface area contributed by atoms with Crippen molar-refractivity contribution in [2.45, 2.75) is 131 Å². The zero-order chi connectivity index (χ0) is 34.0. The van der Waals surface area contributed by atoms with Crippen molar-refractivity contribution in [3.8, 4) is 0 Å². The molecule has 0 bridgehead atoms. The predicted octanol–water partition coefficient (Wildman–Crippen LogP) is 5.92. The molecule has 4 fully saturated rings. The number of hydrogen-bond acceptors (Lipinski definition) is 9. The number of rotatable bonds is 12. The van der Waals surface area contributed by atoms with E-state index in [2.05, 4.69) is 41.5 Å². The van der Waals surface area contributed by atoms with Gasteiger partial charge in [0.05, 0.1) is 6.10 Å². The first-order valence-electron chi connectivity index (χ1n) is 16.4. The van der Waals surface area contributed by atoms with Crippen LogP contribution in [0.2, 0.25) is 0 Å². The second-order valence-corrected chi connectivity index (χ2v) is 19.0. The van der Waals surface area contributed by atoms with Crippen LogP contribution >= 0.6 is 0 Å². The topological polar surface area (TPSA) is 191 Å². The van der Waals surface area contributed by atoms with Gasteiger partial charge in [0.2, 0.25) is 0 Å². The van der Waals surface area contributed by atoms with Gasteiger partial charge in [-0.3, -0.25) is 13.7 Å². The quantitative estimate of drug-likeness (QED) is 0.204. The van der Waals surface area contributed by atoms with Crippen molar-refractivity contribution in [3.63, 3.8) is 0 Å². The minimum Gasteiger partial charge on any atom is -0.264 e.